The van der Waals surface area contributed by atoms with Gasteiger partial charge in [0.15, 0.2) is 11.5 Å². The van der Waals surface area contributed by atoms with Crippen LogP contribution in [0.5, 0.6) is 40.2 Å². The summed E-state index contributed by atoms with van der Waals surface area (Å²) in [6, 6.07) is 34.8. The van der Waals surface area contributed by atoms with Crippen LogP contribution in [0.25, 0.3) is 33.4 Å². The van der Waals surface area contributed by atoms with E-state index in [-0.39, 0.29) is 38.9 Å². The summed E-state index contributed by atoms with van der Waals surface area (Å²) < 4.78 is 255. The number of phenolic OH excluding ortho intramolecular Hbond substituents is 2. The molecule has 0 bridgehead atoms. The Morgan fingerprint density at radius 3 is 0.681 bits per heavy atom. The predicted molar refractivity (Wildman–Crippen MR) is 540 cm³/mol. The minimum atomic E-state index is -3.11. The highest BCUT2D eigenvalue weighted by molar-refractivity contribution is 7.60. The summed E-state index contributed by atoms with van der Waals surface area (Å²) >= 11 is 0. The van der Waals surface area contributed by atoms with E-state index >= 15 is 0 Å². The van der Waals surface area contributed by atoms with Gasteiger partial charge in [0, 0.05) is 119 Å². The molecule has 6 aromatic carbocycles. The number of aromatic hydroxyl groups is 2. The van der Waals surface area contributed by atoms with Crippen LogP contribution in [0.3, 0.4) is 0 Å². The predicted octanol–water partition coefficient (Wildman–Crippen LogP) is 14.6. The molecule has 12 rings (SSSR count). The fourth-order valence-electron chi connectivity index (χ4n) is 16.5. The van der Waals surface area contributed by atoms with Gasteiger partial charge in [-0.3, -0.25) is 0 Å². The van der Waals surface area contributed by atoms with Crippen LogP contribution in [-0.2, 0) is 102 Å². The van der Waals surface area contributed by atoms with Crippen molar-refractivity contribution < 1.29 is 148 Å². The lowest BCUT2D eigenvalue weighted by Crippen LogP contribution is -2.45. The topological polar surface area (TPSA) is 564 Å². The molecule has 6 aromatic rings. The van der Waals surface area contributed by atoms with Crippen molar-refractivity contribution in [2.24, 2.45) is 5.41 Å². The summed E-state index contributed by atoms with van der Waals surface area (Å²) in [4.78, 5) is 12.1. The molecule has 5 aliphatic heterocycles. The minimum Gasteiger partial charge on any atom is -0.508 e. The fraction of sp³-hybridized carbons (Fsp3) is 0.484. The summed E-state index contributed by atoms with van der Waals surface area (Å²) in [6.45, 7) is 56.2. The Bertz CT molecular complexity index is 5890. The van der Waals surface area contributed by atoms with Gasteiger partial charge in [0.05, 0.1) is 63.2 Å². The van der Waals surface area contributed by atoms with Gasteiger partial charge in [0.25, 0.3) is 0 Å². The number of nitrogens with zero attached hydrogens (tertiary/aromatic N) is 5. The summed E-state index contributed by atoms with van der Waals surface area (Å²) in [5.74, 6) is 4.83. The first-order valence-corrected chi connectivity index (χ1v) is 51.9. The number of rotatable bonds is 15. The monoisotopic (exact) mass is 2150 g/mol. The molecule has 0 radical (unpaired) electrons. The van der Waals surface area contributed by atoms with Gasteiger partial charge >= 0.3 is 95.5 Å². The average molecular weight is 2150 g/mol. The van der Waals surface area contributed by atoms with Crippen molar-refractivity contribution in [3.05, 3.63) is 179 Å². The van der Waals surface area contributed by atoms with E-state index in [0.717, 1.165) is 111 Å². The Morgan fingerprint density at radius 2 is 0.454 bits per heavy atom. The van der Waals surface area contributed by atoms with Crippen LogP contribution in [-0.4, -0.2) is 220 Å². The third-order valence-corrected chi connectivity index (χ3v) is 21.0. The molecule has 0 spiro atoms. The van der Waals surface area contributed by atoms with Gasteiger partial charge in [-0.2, -0.15) is 0 Å². The Labute approximate surface area is 841 Å². The van der Waals surface area contributed by atoms with Crippen LogP contribution in [0.1, 0.15) is 230 Å². The summed E-state index contributed by atoms with van der Waals surface area (Å²) in [5.41, 5.74) is 23.6. The van der Waals surface area contributed by atoms with Crippen molar-refractivity contribution in [3.63, 3.8) is 0 Å². The average Bonchev–Trinajstić information content (AvgIpc) is 0.761. The maximum absolute atomic E-state index is 10.0. The second kappa shape index (κ2) is 63.7. The highest BCUT2D eigenvalue weighted by atomic mass is 32.2. The first-order chi connectivity index (χ1) is 64.9. The van der Waals surface area contributed by atoms with Crippen molar-refractivity contribution >= 4 is 157 Å². The van der Waals surface area contributed by atoms with Gasteiger partial charge in [-0.25, -0.2) is 0 Å². The van der Waals surface area contributed by atoms with E-state index in [1.165, 1.54) is 83.9 Å². The van der Waals surface area contributed by atoms with Gasteiger partial charge in [0.2, 0.25) is 0 Å². The van der Waals surface area contributed by atoms with Crippen molar-refractivity contribution in [2.75, 3.05) is 92.8 Å². The fourth-order valence-corrected chi connectivity index (χ4v) is 16.5. The van der Waals surface area contributed by atoms with Crippen LogP contribution >= 0.6 is 0 Å². The quantitative estimate of drug-likeness (QED) is 0.0964. The Kier molecular flexibility index (Phi) is 60.1. The molecule has 141 heavy (non-hydrogen) atoms. The van der Waals surface area contributed by atoms with E-state index < -0.39 is 95.5 Å². The zero-order chi connectivity index (χ0) is 110. The molecular weight excluding hydrogens is 2020 g/mol. The number of hydrogen-bond donors (Lipinski definition) is 2. The number of phenols is 2. The number of allylic oxidation sites excluding steroid dienone is 7. The Balaban J connectivity index is -0.00000151. The molecule has 786 valence electrons. The number of benzene rings is 6. The third-order valence-electron chi connectivity index (χ3n) is 21.0. The molecular formula is C93H131N5O34S9. The molecule has 6 aliphatic rings. The molecule has 1 aliphatic carbocycles. The van der Waals surface area contributed by atoms with Crippen molar-refractivity contribution in [1.29, 1.82) is 0 Å². The van der Waals surface area contributed by atoms with Gasteiger partial charge in [-0.15, -0.1) is 114 Å². The molecule has 0 aromatic heterocycles. The lowest BCUT2D eigenvalue weighted by atomic mass is 9.76. The Hall–Kier alpha value is -12.1. The largest absolute Gasteiger partial charge is 0.508 e. The standard InChI is InChI=1S/C16H23NO2.3C16H23NO.C15H21NO.C14H18O.9O3S/c1-6-7-17-13-9-14(18)15(19-5)8-12(13)11(2)10-16(17,3)4;3*1-6-9-17-15-10-13(18-5)7-8-14(15)12(2)11-16(17,3)4;1-5-8-16-14-9-12(17)6-7-13(14)11(2)10-15(16,3)4;1-10-8-14(2,3)9-11-7-12(15-4)5-6-13(10)11;9*1-4(2)3/h8-10,18H,6-7H2,1-5H3;3*7-8,10-11H,6,9H2,1-5H3;6-7,9-10,17H,5,8H2,1-4H3;5-8H,9H2,1-4H3;;;;;;;;;. The molecule has 0 saturated carbocycles. The van der Waals surface area contributed by atoms with E-state index in [4.69, 9.17) is 137 Å². The van der Waals surface area contributed by atoms with Crippen LogP contribution in [0, 0.1) is 5.41 Å². The highest BCUT2D eigenvalue weighted by Gasteiger charge is 2.37. The second-order valence-electron chi connectivity index (χ2n) is 34.4. The molecule has 0 fully saturated rings. The highest BCUT2D eigenvalue weighted by Crippen LogP contribution is 2.48. The number of anilines is 5. The Morgan fingerprint density at radius 1 is 0.255 bits per heavy atom. The summed E-state index contributed by atoms with van der Waals surface area (Å²) in [6.07, 6.45) is 20.7. The van der Waals surface area contributed by atoms with E-state index in [2.05, 4.69) is 269 Å². The van der Waals surface area contributed by atoms with E-state index in [0.29, 0.717) is 11.5 Å². The van der Waals surface area contributed by atoms with E-state index in [1.807, 2.05) is 48.5 Å². The SMILES string of the molecule is CCCN1c2cc(O)c(OC)cc2C(C)=CC1(C)C.CCCN1c2cc(O)ccc2C(C)=CC1(C)C.CCCN1c2cc(OC)ccc2C(C)=CC1(C)C.CCCN1c2cc(OC)ccc2C(C)=CC1(C)C.CCCN1c2cc(OC)ccc2C(C)=CC1(C)C.COc1ccc2c(c1)CC(C)(C)C=C2C.O=S(=O)=O.O=S(=O)=O.O=S(=O)=O.O=S(=O)=O.O=S(=O)=O.O=S(=O)=O.O=S(=O)=O.O=S(=O)=O.O=S(=O)=O. The van der Waals surface area contributed by atoms with Crippen molar-refractivity contribution in [3.8, 4) is 40.2 Å². The second-order valence-corrected chi connectivity index (χ2v) is 38.1. The van der Waals surface area contributed by atoms with Gasteiger partial charge in [-0.05, 0) is 266 Å². The van der Waals surface area contributed by atoms with E-state index in [9.17, 15) is 10.2 Å². The van der Waals surface area contributed by atoms with Crippen LogP contribution in [0.2, 0.25) is 0 Å². The molecule has 0 unspecified atom stereocenters. The summed E-state index contributed by atoms with van der Waals surface area (Å²) in [5, 5.41) is 19.7. The lowest BCUT2D eigenvalue weighted by Gasteiger charge is -2.43. The number of methoxy groups -OCH3 is 5. The maximum atomic E-state index is 10.0. The number of hydrogen-bond acceptors (Lipinski definition) is 39. The molecule has 0 saturated heterocycles. The zero-order valence-corrected chi connectivity index (χ0v) is 91.8. The smallest absolute Gasteiger partial charge is 0.425 e. The molecule has 0 amide bonds. The maximum Gasteiger partial charge on any atom is 0.425 e. The lowest BCUT2D eigenvalue weighted by molar-refractivity contribution is 0.373. The zero-order valence-electron chi connectivity index (χ0n) is 84.4. The first kappa shape index (κ1) is 133. The minimum absolute atomic E-state index is 0.0148. The van der Waals surface area contributed by atoms with Gasteiger partial charge in [0.1, 0.15) is 28.7 Å². The normalized spacial score (nSPS) is 14.4. The molecule has 48 heteroatoms. The molecule has 5 heterocycles. The summed E-state index contributed by atoms with van der Waals surface area (Å²) in [7, 11) is -19.5. The molecule has 0 atom stereocenters. The van der Waals surface area contributed by atoms with Gasteiger partial charge in [-0.1, -0.05) is 91.0 Å². The number of ether oxygens (including phenoxy) is 5. The molecule has 39 nitrogen and oxygen atoms in total. The molecule has 2 N–H and O–H groups in total. The van der Waals surface area contributed by atoms with Crippen LogP contribution < -0.4 is 48.2 Å². The van der Waals surface area contributed by atoms with Crippen LogP contribution in [0.15, 0.2) is 140 Å². The van der Waals surface area contributed by atoms with Crippen LogP contribution in [0.4, 0.5) is 28.4 Å². The van der Waals surface area contributed by atoms with Crippen molar-refractivity contribution in [1.82, 2.24) is 0 Å². The van der Waals surface area contributed by atoms with Crippen molar-refractivity contribution in [2.45, 2.75) is 225 Å². The first-order valence-electron chi connectivity index (χ1n) is 42.9. The van der Waals surface area contributed by atoms with Gasteiger partial charge < -0.3 is 58.4 Å². The number of fused-ring (bicyclic) bond motifs is 6. The third kappa shape index (κ3) is 49.3. The van der Waals surface area contributed by atoms with E-state index in [1.54, 1.807) is 41.6 Å².